The fraction of sp³-hybridized carbons (Fsp3) is 0.136. The number of alkyl halides is 3. The molecule has 0 atom stereocenters. The molecule has 2 aromatic heterocycles. The smallest absolute Gasteiger partial charge is 0.418 e. The molecule has 2 heterocycles. The number of nitrogens with zero attached hydrogens (tertiary/aromatic N) is 2. The second-order valence-corrected chi connectivity index (χ2v) is 7.15. The minimum absolute atomic E-state index is 0.0681. The number of carbonyl (C=O) groups is 2. The summed E-state index contributed by atoms with van der Waals surface area (Å²) >= 11 is 0. The number of rotatable bonds is 5. The number of hydrogen-bond acceptors (Lipinski definition) is 4. The number of carbonyl (C=O) groups excluding carboxylic acids is 2. The Kier molecular flexibility index (Phi) is 5.54. The largest absolute Gasteiger partial charge is 0.459 e. The molecule has 170 valence electrons. The molecule has 4 aromatic rings. The zero-order chi connectivity index (χ0) is 23.8. The van der Waals surface area contributed by atoms with Crippen LogP contribution >= 0.6 is 0 Å². The normalized spacial score (nSPS) is 11.5. The number of nitrogens with one attached hydrogen (secondary N) is 2. The zero-order valence-electron chi connectivity index (χ0n) is 17.1. The van der Waals surface area contributed by atoms with Gasteiger partial charge < -0.3 is 15.1 Å². The van der Waals surface area contributed by atoms with Crippen molar-refractivity contribution in [3.63, 3.8) is 0 Å². The van der Waals surface area contributed by atoms with Crippen molar-refractivity contribution in [3.8, 4) is 0 Å². The van der Waals surface area contributed by atoms with E-state index >= 15 is 0 Å². The highest BCUT2D eigenvalue weighted by Crippen LogP contribution is 2.36. The van der Waals surface area contributed by atoms with Gasteiger partial charge in [0.05, 0.1) is 28.5 Å². The first-order valence-corrected chi connectivity index (χ1v) is 9.65. The van der Waals surface area contributed by atoms with Crippen LogP contribution < -0.4 is 16.3 Å². The Hall–Kier alpha value is -4.28. The monoisotopic (exact) mass is 458 g/mol. The van der Waals surface area contributed by atoms with Crippen molar-refractivity contribution in [2.75, 3.05) is 10.6 Å². The van der Waals surface area contributed by atoms with Crippen LogP contribution in [0.15, 0.2) is 70.1 Å². The molecule has 0 unspecified atom stereocenters. The van der Waals surface area contributed by atoms with E-state index in [0.29, 0.717) is 17.1 Å². The molecule has 0 aliphatic carbocycles. The van der Waals surface area contributed by atoms with Crippen molar-refractivity contribution in [2.45, 2.75) is 12.7 Å². The van der Waals surface area contributed by atoms with Gasteiger partial charge in [0, 0.05) is 12.7 Å². The molecule has 0 saturated carbocycles. The first-order chi connectivity index (χ1) is 15.6. The molecule has 33 heavy (non-hydrogen) atoms. The van der Waals surface area contributed by atoms with E-state index in [-0.39, 0.29) is 11.4 Å². The molecule has 2 amide bonds. The average Bonchev–Trinajstić information content (AvgIpc) is 3.38. The summed E-state index contributed by atoms with van der Waals surface area (Å²) in [5.74, 6) is -1.60. The Morgan fingerprint density at radius 2 is 1.73 bits per heavy atom. The first kappa shape index (κ1) is 21.9. The summed E-state index contributed by atoms with van der Waals surface area (Å²) in [5, 5.41) is 4.53. The maximum absolute atomic E-state index is 13.7. The van der Waals surface area contributed by atoms with E-state index in [1.54, 1.807) is 24.3 Å². The number of fused-ring (bicyclic) bond motifs is 1. The summed E-state index contributed by atoms with van der Waals surface area (Å²) in [7, 11) is 1.54. The summed E-state index contributed by atoms with van der Waals surface area (Å²) in [4.78, 5) is 37.1. The highest BCUT2D eigenvalue weighted by molar-refractivity contribution is 6.02. The van der Waals surface area contributed by atoms with Crippen molar-refractivity contribution in [3.05, 3.63) is 82.7 Å². The number of imidazole rings is 1. The minimum atomic E-state index is -4.82. The van der Waals surface area contributed by atoms with Gasteiger partial charge in [0.15, 0.2) is 5.76 Å². The quantitative estimate of drug-likeness (QED) is 0.475. The van der Waals surface area contributed by atoms with Crippen molar-refractivity contribution < 1.29 is 27.2 Å². The third kappa shape index (κ3) is 4.38. The first-order valence-electron chi connectivity index (χ1n) is 9.65. The topological polar surface area (TPSA) is 98.3 Å². The third-order valence-electron chi connectivity index (χ3n) is 4.96. The van der Waals surface area contributed by atoms with Crippen LogP contribution in [0.2, 0.25) is 0 Å². The van der Waals surface area contributed by atoms with Crippen LogP contribution in [0.1, 0.15) is 16.1 Å². The van der Waals surface area contributed by atoms with Gasteiger partial charge in [-0.3, -0.25) is 18.7 Å². The molecular formula is C22H17F3N4O4. The van der Waals surface area contributed by atoms with E-state index in [1.165, 1.54) is 40.6 Å². The van der Waals surface area contributed by atoms with Crippen molar-refractivity contribution in [1.82, 2.24) is 9.13 Å². The van der Waals surface area contributed by atoms with Gasteiger partial charge >= 0.3 is 11.9 Å². The molecule has 0 spiro atoms. The van der Waals surface area contributed by atoms with Gasteiger partial charge in [0.25, 0.3) is 5.91 Å². The summed E-state index contributed by atoms with van der Waals surface area (Å²) < 4.78 is 48.4. The van der Waals surface area contributed by atoms with Gasteiger partial charge in [-0.2, -0.15) is 13.2 Å². The van der Waals surface area contributed by atoms with Gasteiger partial charge in [-0.15, -0.1) is 0 Å². The Bertz CT molecular complexity index is 1400. The standard InChI is InChI=1S/C22H17F3N4O4/c1-28-16-5-2-3-6-17(16)29(21(28)32)12-19(30)27-15-9-8-13(11-14(15)22(23,24)25)26-20(31)18-7-4-10-33-18/h2-11H,12H2,1H3,(H,26,31)(H,27,30). The predicted octanol–water partition coefficient (Wildman–Crippen LogP) is 3.84. The van der Waals surface area contributed by atoms with E-state index in [1.807, 2.05) is 0 Å². The lowest BCUT2D eigenvalue weighted by atomic mass is 10.1. The van der Waals surface area contributed by atoms with Gasteiger partial charge in [-0.1, -0.05) is 12.1 Å². The number of amides is 2. The van der Waals surface area contributed by atoms with Crippen LogP contribution in [-0.4, -0.2) is 20.9 Å². The van der Waals surface area contributed by atoms with Gasteiger partial charge in [-0.05, 0) is 42.5 Å². The number of aromatic nitrogens is 2. The highest BCUT2D eigenvalue weighted by Gasteiger charge is 2.34. The number of para-hydroxylation sites is 2. The maximum atomic E-state index is 13.7. The second-order valence-electron chi connectivity index (χ2n) is 7.15. The summed E-state index contributed by atoms with van der Waals surface area (Å²) in [6.07, 6.45) is -3.56. The Morgan fingerprint density at radius 1 is 1.00 bits per heavy atom. The van der Waals surface area contributed by atoms with Gasteiger partial charge in [0.1, 0.15) is 6.54 Å². The fourth-order valence-electron chi connectivity index (χ4n) is 3.42. The lowest BCUT2D eigenvalue weighted by molar-refractivity contribution is -0.136. The van der Waals surface area contributed by atoms with E-state index in [9.17, 15) is 27.6 Å². The molecule has 2 N–H and O–H groups in total. The van der Waals surface area contributed by atoms with E-state index < -0.39 is 41.5 Å². The molecule has 0 aliphatic heterocycles. The Morgan fingerprint density at radius 3 is 2.39 bits per heavy atom. The number of furan rings is 1. The van der Waals surface area contributed by atoms with Crippen molar-refractivity contribution in [1.29, 1.82) is 0 Å². The molecule has 0 fully saturated rings. The van der Waals surface area contributed by atoms with Crippen LogP contribution in [0.3, 0.4) is 0 Å². The SMILES string of the molecule is Cn1c(=O)n(CC(=O)Nc2ccc(NC(=O)c3ccco3)cc2C(F)(F)F)c2ccccc21. The Labute approximate surface area is 184 Å². The van der Waals surface area contributed by atoms with E-state index in [2.05, 4.69) is 10.6 Å². The molecule has 0 saturated heterocycles. The number of aryl methyl sites for hydroxylation is 1. The number of anilines is 2. The summed E-state index contributed by atoms with van der Waals surface area (Å²) in [5.41, 5.74) is -1.20. The van der Waals surface area contributed by atoms with Gasteiger partial charge in [-0.25, -0.2) is 4.79 Å². The lowest BCUT2D eigenvalue weighted by Gasteiger charge is -2.16. The minimum Gasteiger partial charge on any atom is -0.459 e. The second kappa shape index (κ2) is 8.34. The fourth-order valence-corrected chi connectivity index (χ4v) is 3.42. The van der Waals surface area contributed by atoms with Crippen LogP contribution in [-0.2, 0) is 24.6 Å². The summed E-state index contributed by atoms with van der Waals surface area (Å²) in [6.45, 7) is -0.478. The van der Waals surface area contributed by atoms with Crippen LogP contribution in [0.4, 0.5) is 24.5 Å². The van der Waals surface area contributed by atoms with E-state index in [0.717, 1.165) is 6.07 Å². The lowest BCUT2D eigenvalue weighted by Crippen LogP contribution is -2.29. The molecule has 8 nitrogen and oxygen atoms in total. The van der Waals surface area contributed by atoms with Crippen molar-refractivity contribution >= 4 is 34.2 Å². The molecule has 11 heteroatoms. The van der Waals surface area contributed by atoms with Crippen molar-refractivity contribution in [2.24, 2.45) is 7.05 Å². The molecule has 4 rings (SSSR count). The highest BCUT2D eigenvalue weighted by atomic mass is 19.4. The predicted molar refractivity (Wildman–Crippen MR) is 114 cm³/mol. The number of hydrogen-bond donors (Lipinski definition) is 2. The maximum Gasteiger partial charge on any atom is 0.418 e. The number of benzene rings is 2. The third-order valence-corrected chi connectivity index (χ3v) is 4.96. The van der Waals surface area contributed by atoms with Gasteiger partial charge in [0.2, 0.25) is 5.91 Å². The van der Waals surface area contributed by atoms with Crippen LogP contribution in [0.25, 0.3) is 11.0 Å². The van der Waals surface area contributed by atoms with Crippen LogP contribution in [0, 0.1) is 0 Å². The van der Waals surface area contributed by atoms with Crippen LogP contribution in [0.5, 0.6) is 0 Å². The molecule has 0 radical (unpaired) electrons. The molecular weight excluding hydrogens is 441 g/mol. The molecule has 0 aliphatic rings. The Balaban J connectivity index is 1.59. The van der Waals surface area contributed by atoms with E-state index in [4.69, 9.17) is 4.42 Å². The number of halogens is 3. The summed E-state index contributed by atoms with van der Waals surface area (Å²) in [6, 6.07) is 12.5. The molecule has 0 bridgehead atoms. The molecule has 2 aromatic carbocycles. The average molecular weight is 458 g/mol. The zero-order valence-corrected chi connectivity index (χ0v) is 17.1.